The van der Waals surface area contributed by atoms with Gasteiger partial charge in [-0.2, -0.15) is 0 Å². The van der Waals surface area contributed by atoms with Crippen LogP contribution in [0.3, 0.4) is 0 Å². The molecule has 0 aromatic rings. The number of hydrogen-bond acceptors (Lipinski definition) is 1. The smallest absolute Gasteiger partial charge is 0.406 e. The van der Waals surface area contributed by atoms with Gasteiger partial charge in [0.25, 0.3) is 0 Å². The third kappa shape index (κ3) is 2.67. The van der Waals surface area contributed by atoms with Crippen LogP contribution in [0.2, 0.25) is 0 Å². The molecular weight excluding hydrogens is 266 g/mol. The van der Waals surface area contributed by atoms with Crippen molar-refractivity contribution in [3.8, 4) is 0 Å². The molecule has 1 saturated heterocycles. The Balaban J connectivity index is 0.000000810. The summed E-state index contributed by atoms with van der Waals surface area (Å²) in [5.41, 5.74) is 0. The minimum Gasteiger partial charge on any atom is -0.406 e. The minimum absolute atomic E-state index is 0. The standard InChI is InChI=1S/C7H12IO.K/c1-4-5(2)9-6(3)7(4)8;/h4-7H,3H2,1-2H3;/q-1;+1. The monoisotopic (exact) mass is 278 g/mol. The van der Waals surface area contributed by atoms with Crippen molar-refractivity contribution in [2.45, 2.75) is 30.0 Å². The first-order valence-corrected chi connectivity index (χ1v) is 4.50. The summed E-state index contributed by atoms with van der Waals surface area (Å²) in [5, 5.41) is 0. The molecule has 1 fully saturated rings. The maximum atomic E-state index is 5.47. The van der Waals surface area contributed by atoms with Gasteiger partial charge in [-0.15, -0.1) is 0 Å². The molecule has 0 N–H and O–H groups in total. The summed E-state index contributed by atoms with van der Waals surface area (Å²) < 4.78 is 6.06. The molecule has 1 nitrogen and oxygen atoms in total. The topological polar surface area (TPSA) is 9.23 Å². The second-order valence-electron chi connectivity index (χ2n) is 2.68. The molecule has 0 radical (unpaired) electrons. The molecule has 0 aliphatic carbocycles. The van der Waals surface area contributed by atoms with E-state index in [1.54, 1.807) is 0 Å². The van der Waals surface area contributed by atoms with Crippen molar-refractivity contribution < 1.29 is 56.1 Å². The van der Waals surface area contributed by atoms with Crippen LogP contribution in [-0.4, -0.2) is 16.1 Å². The summed E-state index contributed by atoms with van der Waals surface area (Å²) >= 11 is 2.41. The third-order valence-corrected chi connectivity index (χ3v) is 3.92. The van der Waals surface area contributed by atoms with Crippen LogP contribution in [0.4, 0.5) is 0 Å². The Hall–Kier alpha value is 2.33. The third-order valence-electron chi connectivity index (χ3n) is 1.99. The van der Waals surface area contributed by atoms with Gasteiger partial charge in [0, 0.05) is 3.92 Å². The van der Waals surface area contributed by atoms with Crippen LogP contribution in [0, 0.1) is 12.8 Å². The first-order chi connectivity index (χ1) is 4.13. The Morgan fingerprint density at radius 3 is 2.00 bits per heavy atom. The zero-order valence-corrected chi connectivity index (χ0v) is 12.1. The molecule has 0 aromatic carbocycles. The first kappa shape index (κ1) is 12.3. The van der Waals surface area contributed by atoms with Crippen LogP contribution < -0.4 is 51.4 Å². The van der Waals surface area contributed by atoms with Crippen molar-refractivity contribution in [1.29, 1.82) is 0 Å². The average molecular weight is 278 g/mol. The van der Waals surface area contributed by atoms with E-state index in [2.05, 4.69) is 43.4 Å². The van der Waals surface area contributed by atoms with Crippen LogP contribution in [0.5, 0.6) is 0 Å². The average Bonchev–Trinajstić information content (AvgIpc) is 1.98. The summed E-state index contributed by atoms with van der Waals surface area (Å²) in [7, 11) is 0. The van der Waals surface area contributed by atoms with E-state index in [4.69, 9.17) is 4.74 Å². The zero-order chi connectivity index (χ0) is 7.02. The van der Waals surface area contributed by atoms with Gasteiger partial charge in [-0.05, 0) is 12.8 Å². The second-order valence-corrected chi connectivity index (χ2v) is 4.12. The van der Waals surface area contributed by atoms with Crippen molar-refractivity contribution in [1.82, 2.24) is 0 Å². The van der Waals surface area contributed by atoms with E-state index in [0.29, 0.717) is 15.9 Å². The molecule has 0 spiro atoms. The maximum absolute atomic E-state index is 5.47. The Morgan fingerprint density at radius 2 is 1.90 bits per heavy atom. The molecule has 0 amide bonds. The molecule has 1 heterocycles. The van der Waals surface area contributed by atoms with Crippen LogP contribution >= 0.6 is 22.6 Å². The Morgan fingerprint density at radius 1 is 1.40 bits per heavy atom. The molecule has 4 atom stereocenters. The molecular formula is C7H12IKO. The van der Waals surface area contributed by atoms with Gasteiger partial charge in [-0.25, -0.2) is 0 Å². The van der Waals surface area contributed by atoms with E-state index in [1.807, 2.05) is 0 Å². The van der Waals surface area contributed by atoms with Gasteiger partial charge < -0.3 is 11.7 Å². The Labute approximate surface area is 119 Å². The van der Waals surface area contributed by atoms with E-state index in [9.17, 15) is 0 Å². The molecule has 1 aliphatic rings. The van der Waals surface area contributed by atoms with E-state index < -0.39 is 0 Å². The van der Waals surface area contributed by atoms with Crippen LogP contribution in [0.15, 0.2) is 0 Å². The number of hydrogen-bond donors (Lipinski definition) is 0. The molecule has 1 aliphatic heterocycles. The van der Waals surface area contributed by atoms with E-state index in [-0.39, 0.29) is 57.5 Å². The maximum Gasteiger partial charge on any atom is 1.00 e. The Bertz CT molecular complexity index is 97.8. The Kier molecular flexibility index (Phi) is 6.34. The molecule has 1 rings (SSSR count). The fourth-order valence-electron chi connectivity index (χ4n) is 1.07. The van der Waals surface area contributed by atoms with Crippen LogP contribution in [-0.2, 0) is 4.74 Å². The van der Waals surface area contributed by atoms with Gasteiger partial charge in [0.15, 0.2) is 0 Å². The largest absolute Gasteiger partial charge is 1.00 e. The van der Waals surface area contributed by atoms with Gasteiger partial charge in [-0.1, -0.05) is 35.6 Å². The number of rotatable bonds is 0. The van der Waals surface area contributed by atoms with E-state index in [1.165, 1.54) is 0 Å². The predicted molar refractivity (Wildman–Crippen MR) is 46.7 cm³/mol. The normalized spacial score (nSPS) is 46.8. The summed E-state index contributed by atoms with van der Waals surface area (Å²) in [6, 6.07) is 0. The van der Waals surface area contributed by atoms with Gasteiger partial charge in [0.2, 0.25) is 0 Å². The molecule has 3 heteroatoms. The number of alkyl halides is 1. The zero-order valence-electron chi connectivity index (χ0n) is 6.80. The summed E-state index contributed by atoms with van der Waals surface area (Å²) in [5.74, 6) is 0.660. The molecule has 0 aromatic heterocycles. The number of ether oxygens (including phenoxy) is 1. The molecule has 4 unspecified atom stereocenters. The fourth-order valence-corrected chi connectivity index (χ4v) is 1.83. The first-order valence-electron chi connectivity index (χ1n) is 3.25. The second kappa shape index (κ2) is 5.14. The fraction of sp³-hybridized carbons (Fsp3) is 0.857. The summed E-state index contributed by atoms with van der Waals surface area (Å²) in [6.45, 7) is 8.22. The number of halogens is 1. The minimum atomic E-state index is 0. The van der Waals surface area contributed by atoms with Crippen LogP contribution in [0.1, 0.15) is 13.8 Å². The van der Waals surface area contributed by atoms with Gasteiger partial charge >= 0.3 is 51.4 Å². The SMILES string of the molecule is [CH2-]C1OC(C)C(C)C1I.[K+]. The van der Waals surface area contributed by atoms with Crippen molar-refractivity contribution in [2.24, 2.45) is 5.92 Å². The van der Waals surface area contributed by atoms with E-state index in [0.717, 1.165) is 0 Å². The van der Waals surface area contributed by atoms with Gasteiger partial charge in [0.1, 0.15) is 0 Å². The van der Waals surface area contributed by atoms with Crippen molar-refractivity contribution in [2.75, 3.05) is 0 Å². The molecule has 54 valence electrons. The van der Waals surface area contributed by atoms with Crippen molar-refractivity contribution in [3.63, 3.8) is 0 Å². The molecule has 0 saturated carbocycles. The van der Waals surface area contributed by atoms with Gasteiger partial charge in [0.05, 0.1) is 6.10 Å². The molecule has 10 heavy (non-hydrogen) atoms. The van der Waals surface area contributed by atoms with Crippen molar-refractivity contribution in [3.05, 3.63) is 6.92 Å². The van der Waals surface area contributed by atoms with Crippen LogP contribution in [0.25, 0.3) is 0 Å². The quantitative estimate of drug-likeness (QED) is 0.240. The summed E-state index contributed by atoms with van der Waals surface area (Å²) in [4.78, 5) is 0. The summed E-state index contributed by atoms with van der Waals surface area (Å²) in [6.07, 6.45) is 0.602. The molecule has 0 bridgehead atoms. The predicted octanol–water partition coefficient (Wildman–Crippen LogP) is -0.949. The van der Waals surface area contributed by atoms with Crippen molar-refractivity contribution >= 4 is 22.6 Å². The van der Waals surface area contributed by atoms with Gasteiger partial charge in [-0.3, -0.25) is 0 Å². The van der Waals surface area contributed by atoms with E-state index >= 15 is 0 Å².